The van der Waals surface area contributed by atoms with Gasteiger partial charge in [0.2, 0.25) is 0 Å². The number of nitrogens with zero attached hydrogens (tertiary/aromatic N) is 1. The van der Waals surface area contributed by atoms with Crippen LogP contribution in [0.1, 0.15) is 0 Å². The maximum atomic E-state index is 13.7. The van der Waals surface area contributed by atoms with E-state index in [9.17, 15) is 4.39 Å². The van der Waals surface area contributed by atoms with Crippen LogP contribution < -0.4 is 15.8 Å². The minimum absolute atomic E-state index is 0.318. The number of methoxy groups -OCH3 is 1. The van der Waals surface area contributed by atoms with Crippen molar-refractivity contribution in [1.82, 2.24) is 4.90 Å². The smallest absolute Gasteiger partial charge is 0.148 e. The highest BCUT2D eigenvalue weighted by Gasteiger charge is 2.11. The quantitative estimate of drug-likeness (QED) is 0.809. The lowest BCUT2D eigenvalue weighted by molar-refractivity contribution is 0.314. The molecule has 0 bridgehead atoms. The van der Waals surface area contributed by atoms with Crippen LogP contribution in [0.15, 0.2) is 12.1 Å². The van der Waals surface area contributed by atoms with Gasteiger partial charge in [0, 0.05) is 49.8 Å². The number of ether oxygens (including phenoxy) is 1. The topological polar surface area (TPSA) is 50.5 Å². The van der Waals surface area contributed by atoms with Crippen LogP contribution in [0.2, 0.25) is 0 Å². The monoisotopic (exact) mass is 285 g/mol. The summed E-state index contributed by atoms with van der Waals surface area (Å²) in [5.74, 6) is 2.53. The van der Waals surface area contributed by atoms with Crippen LogP contribution in [0.5, 0.6) is 5.75 Å². The summed E-state index contributed by atoms with van der Waals surface area (Å²) >= 11 is 1.98. The third kappa shape index (κ3) is 3.91. The van der Waals surface area contributed by atoms with E-state index < -0.39 is 0 Å². The van der Waals surface area contributed by atoms with Gasteiger partial charge in [-0.25, -0.2) is 4.39 Å². The van der Waals surface area contributed by atoms with Crippen molar-refractivity contribution in [2.75, 3.05) is 55.8 Å². The minimum Gasteiger partial charge on any atom is -0.495 e. The second-order valence-electron chi connectivity index (χ2n) is 4.45. The van der Waals surface area contributed by atoms with Gasteiger partial charge in [-0.1, -0.05) is 0 Å². The van der Waals surface area contributed by atoms with Crippen LogP contribution in [-0.2, 0) is 0 Å². The first-order valence-corrected chi connectivity index (χ1v) is 7.53. The van der Waals surface area contributed by atoms with Gasteiger partial charge in [0.15, 0.2) is 0 Å². The number of nitrogen functional groups attached to an aromatic ring is 1. The number of nitrogens with one attached hydrogen (secondary N) is 1. The number of halogens is 1. The molecule has 3 N–H and O–H groups in total. The summed E-state index contributed by atoms with van der Waals surface area (Å²) in [4.78, 5) is 2.38. The summed E-state index contributed by atoms with van der Waals surface area (Å²) < 4.78 is 18.8. The molecule has 0 radical (unpaired) electrons. The zero-order chi connectivity index (χ0) is 13.7. The molecule has 0 aliphatic carbocycles. The molecule has 4 nitrogen and oxygen atoms in total. The van der Waals surface area contributed by atoms with E-state index in [4.69, 9.17) is 10.5 Å². The van der Waals surface area contributed by atoms with E-state index in [-0.39, 0.29) is 5.82 Å². The number of rotatable bonds is 5. The van der Waals surface area contributed by atoms with Crippen LogP contribution in [0.3, 0.4) is 0 Å². The van der Waals surface area contributed by atoms with Gasteiger partial charge in [-0.2, -0.15) is 11.8 Å². The molecule has 106 valence electrons. The Balaban J connectivity index is 1.88. The fourth-order valence-corrected chi connectivity index (χ4v) is 3.03. The summed E-state index contributed by atoms with van der Waals surface area (Å²) in [6, 6.07) is 2.90. The molecule has 19 heavy (non-hydrogen) atoms. The van der Waals surface area contributed by atoms with Crippen LogP contribution in [-0.4, -0.2) is 49.7 Å². The fourth-order valence-electron chi connectivity index (χ4n) is 2.05. The van der Waals surface area contributed by atoms with Crippen molar-refractivity contribution < 1.29 is 9.13 Å². The number of nitrogens with two attached hydrogens (primary N) is 1. The van der Waals surface area contributed by atoms with E-state index in [1.165, 1.54) is 24.7 Å². The molecule has 1 aliphatic heterocycles. The first-order chi connectivity index (χ1) is 9.20. The number of benzene rings is 1. The minimum atomic E-state index is -0.340. The van der Waals surface area contributed by atoms with Crippen LogP contribution in [0, 0.1) is 5.82 Å². The SMILES string of the molecule is COc1cc(NCCN2CCSCC2)c(F)cc1N. The van der Waals surface area contributed by atoms with Crippen molar-refractivity contribution in [3.63, 3.8) is 0 Å². The van der Waals surface area contributed by atoms with Gasteiger partial charge in [-0.05, 0) is 0 Å². The first kappa shape index (κ1) is 14.3. The Kier molecular flexibility index (Phi) is 5.15. The fraction of sp³-hybridized carbons (Fsp3) is 0.538. The highest BCUT2D eigenvalue weighted by molar-refractivity contribution is 7.99. The molecule has 1 heterocycles. The number of thioether (sulfide) groups is 1. The van der Waals surface area contributed by atoms with Gasteiger partial charge < -0.3 is 15.8 Å². The summed E-state index contributed by atoms with van der Waals surface area (Å²) in [5.41, 5.74) is 6.40. The second kappa shape index (κ2) is 6.86. The van der Waals surface area contributed by atoms with Crippen LogP contribution >= 0.6 is 11.8 Å². The van der Waals surface area contributed by atoms with E-state index in [1.54, 1.807) is 6.07 Å². The summed E-state index contributed by atoms with van der Waals surface area (Å²) in [5, 5.41) is 3.10. The van der Waals surface area contributed by atoms with E-state index in [0.717, 1.165) is 19.6 Å². The molecule has 1 aromatic rings. The lowest BCUT2D eigenvalue weighted by Gasteiger charge is -2.26. The zero-order valence-electron chi connectivity index (χ0n) is 11.1. The molecular weight excluding hydrogens is 265 g/mol. The average Bonchev–Trinajstić information content (AvgIpc) is 2.42. The highest BCUT2D eigenvalue weighted by atomic mass is 32.2. The van der Waals surface area contributed by atoms with Crippen molar-refractivity contribution >= 4 is 23.1 Å². The number of hydrogen-bond acceptors (Lipinski definition) is 5. The van der Waals surface area contributed by atoms with Crippen molar-refractivity contribution in [1.29, 1.82) is 0 Å². The van der Waals surface area contributed by atoms with Gasteiger partial charge in [-0.3, -0.25) is 4.90 Å². The average molecular weight is 285 g/mol. The van der Waals surface area contributed by atoms with Crippen molar-refractivity contribution in [3.8, 4) is 5.75 Å². The standard InChI is InChI=1S/C13H20FN3OS/c1-18-13-9-12(10(14)8-11(13)15)16-2-3-17-4-6-19-7-5-17/h8-9,16H,2-7,15H2,1H3. The molecule has 0 unspecified atom stereocenters. The van der Waals surface area contributed by atoms with Crippen molar-refractivity contribution in [3.05, 3.63) is 17.9 Å². The highest BCUT2D eigenvalue weighted by Crippen LogP contribution is 2.28. The maximum Gasteiger partial charge on any atom is 0.148 e. The number of anilines is 2. The molecule has 6 heteroatoms. The normalized spacial score (nSPS) is 16.3. The Bertz CT molecular complexity index is 425. The zero-order valence-corrected chi connectivity index (χ0v) is 11.9. The first-order valence-electron chi connectivity index (χ1n) is 6.37. The van der Waals surface area contributed by atoms with Crippen LogP contribution in [0.25, 0.3) is 0 Å². The molecule has 1 saturated heterocycles. The van der Waals surface area contributed by atoms with Gasteiger partial charge in [0.05, 0.1) is 18.5 Å². The molecule has 0 aromatic heterocycles. The Morgan fingerprint density at radius 3 is 2.84 bits per heavy atom. The molecule has 0 atom stereocenters. The Morgan fingerprint density at radius 2 is 2.16 bits per heavy atom. The third-order valence-corrected chi connectivity index (χ3v) is 4.11. The third-order valence-electron chi connectivity index (χ3n) is 3.17. The molecule has 2 rings (SSSR count). The molecule has 1 aromatic carbocycles. The molecule has 1 fully saturated rings. The molecule has 0 amide bonds. The van der Waals surface area contributed by atoms with E-state index in [2.05, 4.69) is 10.2 Å². The van der Waals surface area contributed by atoms with Gasteiger partial charge >= 0.3 is 0 Å². The Hall–Kier alpha value is -1.14. The Morgan fingerprint density at radius 1 is 1.42 bits per heavy atom. The summed E-state index contributed by atoms with van der Waals surface area (Å²) in [6.07, 6.45) is 0. The van der Waals surface area contributed by atoms with Gasteiger partial charge in [0.25, 0.3) is 0 Å². The lowest BCUT2D eigenvalue weighted by atomic mass is 10.2. The van der Waals surface area contributed by atoms with Crippen LogP contribution in [0.4, 0.5) is 15.8 Å². The predicted octanol–water partition coefficient (Wildman–Crippen LogP) is 1.88. The van der Waals surface area contributed by atoms with Crippen molar-refractivity contribution in [2.45, 2.75) is 0 Å². The van der Waals surface area contributed by atoms with Gasteiger partial charge in [-0.15, -0.1) is 0 Å². The molecule has 1 aliphatic rings. The largest absolute Gasteiger partial charge is 0.495 e. The summed E-state index contributed by atoms with van der Waals surface area (Å²) in [7, 11) is 1.53. The molecular formula is C13H20FN3OS. The second-order valence-corrected chi connectivity index (χ2v) is 5.68. The van der Waals surface area contributed by atoms with E-state index >= 15 is 0 Å². The molecule has 0 saturated carbocycles. The van der Waals surface area contributed by atoms with Crippen molar-refractivity contribution in [2.24, 2.45) is 0 Å². The molecule has 0 spiro atoms. The van der Waals surface area contributed by atoms with E-state index in [1.807, 2.05) is 11.8 Å². The summed E-state index contributed by atoms with van der Waals surface area (Å²) in [6.45, 7) is 3.86. The predicted molar refractivity (Wildman–Crippen MR) is 79.6 cm³/mol. The maximum absolute atomic E-state index is 13.7. The lowest BCUT2D eigenvalue weighted by Crippen LogP contribution is -2.36. The number of hydrogen-bond donors (Lipinski definition) is 2. The van der Waals surface area contributed by atoms with Gasteiger partial charge in [0.1, 0.15) is 11.6 Å². The Labute approximate surface area is 117 Å². The van der Waals surface area contributed by atoms with E-state index in [0.29, 0.717) is 23.7 Å².